The summed E-state index contributed by atoms with van der Waals surface area (Å²) in [5.41, 5.74) is 1.78. The molecular formula is C20H28N2. The van der Waals surface area contributed by atoms with Gasteiger partial charge in [0.05, 0.1) is 0 Å². The topological polar surface area (TPSA) is 24.1 Å². The van der Waals surface area contributed by atoms with E-state index in [-0.39, 0.29) is 11.1 Å². The maximum Gasteiger partial charge on any atom is 0.0214 e. The number of fused-ring (bicyclic) bond motifs is 1. The van der Waals surface area contributed by atoms with Crippen LogP contribution in [0.2, 0.25) is 0 Å². The highest BCUT2D eigenvalue weighted by Crippen LogP contribution is 2.29. The molecule has 1 aliphatic rings. The molecule has 2 nitrogen and oxygen atoms in total. The summed E-state index contributed by atoms with van der Waals surface area (Å²) in [7, 11) is 0. The van der Waals surface area contributed by atoms with Crippen LogP contribution in [0.1, 0.15) is 46.1 Å². The van der Waals surface area contributed by atoms with Crippen molar-refractivity contribution in [2.45, 2.75) is 64.2 Å². The van der Waals surface area contributed by atoms with E-state index in [1.807, 2.05) is 0 Å². The highest BCUT2D eigenvalue weighted by atomic mass is 15.1. The molecule has 0 bridgehead atoms. The summed E-state index contributed by atoms with van der Waals surface area (Å²) in [4.78, 5) is 0. The Bertz CT molecular complexity index is 636. The molecule has 2 aromatic rings. The van der Waals surface area contributed by atoms with Crippen LogP contribution in [0.15, 0.2) is 42.5 Å². The SMILES string of the molecule is CC1(C)CC(NCc2cccc3ccccc23)CC(C)(C)N1. The first-order chi connectivity index (χ1) is 10.3. The Balaban J connectivity index is 1.74. The van der Waals surface area contributed by atoms with Gasteiger partial charge in [0.2, 0.25) is 0 Å². The van der Waals surface area contributed by atoms with Crippen LogP contribution in [-0.2, 0) is 6.54 Å². The van der Waals surface area contributed by atoms with Gasteiger partial charge in [-0.05, 0) is 56.9 Å². The average molecular weight is 296 g/mol. The lowest BCUT2D eigenvalue weighted by Crippen LogP contribution is -2.61. The summed E-state index contributed by atoms with van der Waals surface area (Å²) in [5, 5.41) is 10.2. The van der Waals surface area contributed by atoms with E-state index in [0.717, 1.165) is 6.54 Å². The molecule has 1 heterocycles. The van der Waals surface area contributed by atoms with Crippen molar-refractivity contribution in [3.8, 4) is 0 Å². The first kappa shape index (κ1) is 15.5. The van der Waals surface area contributed by atoms with E-state index < -0.39 is 0 Å². The minimum atomic E-state index is 0.193. The standard InChI is InChI=1S/C20H28N2/c1-19(2)12-17(13-20(3,4)22-19)21-14-16-10-7-9-15-8-5-6-11-18(15)16/h5-11,17,21-22H,12-14H2,1-4H3. The summed E-state index contributed by atoms with van der Waals surface area (Å²) in [6.07, 6.45) is 2.34. The van der Waals surface area contributed by atoms with Crippen LogP contribution >= 0.6 is 0 Å². The summed E-state index contributed by atoms with van der Waals surface area (Å²) < 4.78 is 0. The molecule has 0 amide bonds. The molecular weight excluding hydrogens is 268 g/mol. The lowest BCUT2D eigenvalue weighted by Gasteiger charge is -2.46. The van der Waals surface area contributed by atoms with Crippen LogP contribution in [0.3, 0.4) is 0 Å². The number of benzene rings is 2. The maximum absolute atomic E-state index is 3.80. The minimum absolute atomic E-state index is 0.193. The molecule has 0 saturated carbocycles. The number of rotatable bonds is 3. The molecule has 0 atom stereocenters. The molecule has 0 spiro atoms. The van der Waals surface area contributed by atoms with E-state index in [1.165, 1.54) is 29.2 Å². The quantitative estimate of drug-likeness (QED) is 0.885. The van der Waals surface area contributed by atoms with E-state index in [1.54, 1.807) is 0 Å². The third-order valence-electron chi connectivity index (χ3n) is 4.65. The molecule has 0 aliphatic carbocycles. The maximum atomic E-state index is 3.80. The van der Waals surface area contributed by atoms with Gasteiger partial charge in [-0.25, -0.2) is 0 Å². The van der Waals surface area contributed by atoms with Gasteiger partial charge >= 0.3 is 0 Å². The van der Waals surface area contributed by atoms with Crippen molar-refractivity contribution in [1.29, 1.82) is 0 Å². The first-order valence-corrected chi connectivity index (χ1v) is 8.34. The van der Waals surface area contributed by atoms with Gasteiger partial charge in [-0.15, -0.1) is 0 Å². The number of hydrogen-bond donors (Lipinski definition) is 2. The summed E-state index contributed by atoms with van der Waals surface area (Å²) in [5.74, 6) is 0. The first-order valence-electron chi connectivity index (χ1n) is 8.34. The number of hydrogen-bond acceptors (Lipinski definition) is 2. The summed E-state index contributed by atoms with van der Waals surface area (Å²) in [6, 6.07) is 15.8. The largest absolute Gasteiger partial charge is 0.310 e. The fourth-order valence-electron chi connectivity index (χ4n) is 4.17. The van der Waals surface area contributed by atoms with Crippen LogP contribution in [0.5, 0.6) is 0 Å². The Kier molecular flexibility index (Phi) is 4.00. The molecule has 0 radical (unpaired) electrons. The Hall–Kier alpha value is -1.38. The normalized spacial score (nSPS) is 21.1. The minimum Gasteiger partial charge on any atom is -0.310 e. The second-order valence-electron chi connectivity index (χ2n) is 8.02. The third kappa shape index (κ3) is 3.50. The van der Waals surface area contributed by atoms with Crippen molar-refractivity contribution in [3.63, 3.8) is 0 Å². The molecule has 0 unspecified atom stereocenters. The lowest BCUT2D eigenvalue weighted by atomic mass is 9.79. The Morgan fingerprint density at radius 1 is 0.955 bits per heavy atom. The zero-order chi connectivity index (χ0) is 15.8. The van der Waals surface area contributed by atoms with Gasteiger partial charge in [-0.1, -0.05) is 42.5 Å². The zero-order valence-corrected chi connectivity index (χ0v) is 14.2. The Morgan fingerprint density at radius 2 is 1.59 bits per heavy atom. The van der Waals surface area contributed by atoms with E-state index >= 15 is 0 Å². The molecule has 2 heteroatoms. The average Bonchev–Trinajstić information content (AvgIpc) is 2.42. The zero-order valence-electron chi connectivity index (χ0n) is 14.2. The summed E-state index contributed by atoms with van der Waals surface area (Å²) >= 11 is 0. The van der Waals surface area contributed by atoms with Gasteiger partial charge in [0, 0.05) is 23.7 Å². The van der Waals surface area contributed by atoms with Gasteiger partial charge in [0.15, 0.2) is 0 Å². The van der Waals surface area contributed by atoms with Gasteiger partial charge < -0.3 is 10.6 Å². The monoisotopic (exact) mass is 296 g/mol. The van der Waals surface area contributed by atoms with Crippen molar-refractivity contribution in [2.75, 3.05) is 0 Å². The number of piperidine rings is 1. The molecule has 3 rings (SSSR count). The Morgan fingerprint density at radius 3 is 2.32 bits per heavy atom. The number of nitrogens with one attached hydrogen (secondary N) is 2. The second-order valence-corrected chi connectivity index (χ2v) is 8.02. The van der Waals surface area contributed by atoms with E-state index in [4.69, 9.17) is 0 Å². The van der Waals surface area contributed by atoms with Crippen molar-refractivity contribution in [1.82, 2.24) is 10.6 Å². The molecule has 1 aliphatic heterocycles. The lowest BCUT2D eigenvalue weighted by molar-refractivity contribution is 0.145. The smallest absolute Gasteiger partial charge is 0.0214 e. The fraction of sp³-hybridized carbons (Fsp3) is 0.500. The predicted octanol–water partition coefficient (Wildman–Crippen LogP) is 4.24. The van der Waals surface area contributed by atoms with Crippen LogP contribution in [0, 0.1) is 0 Å². The van der Waals surface area contributed by atoms with Crippen molar-refractivity contribution < 1.29 is 0 Å². The molecule has 22 heavy (non-hydrogen) atoms. The second kappa shape index (κ2) is 5.68. The molecule has 0 aromatic heterocycles. The van der Waals surface area contributed by atoms with Crippen LogP contribution < -0.4 is 10.6 Å². The molecule has 2 N–H and O–H groups in total. The van der Waals surface area contributed by atoms with Gasteiger partial charge in [-0.2, -0.15) is 0 Å². The van der Waals surface area contributed by atoms with Crippen LogP contribution in [0.25, 0.3) is 10.8 Å². The van der Waals surface area contributed by atoms with Crippen molar-refractivity contribution >= 4 is 10.8 Å². The predicted molar refractivity (Wildman–Crippen MR) is 95.1 cm³/mol. The highest BCUT2D eigenvalue weighted by molar-refractivity contribution is 5.85. The summed E-state index contributed by atoms with van der Waals surface area (Å²) in [6.45, 7) is 10.2. The van der Waals surface area contributed by atoms with E-state index in [9.17, 15) is 0 Å². The van der Waals surface area contributed by atoms with Crippen LogP contribution in [0.4, 0.5) is 0 Å². The molecule has 1 saturated heterocycles. The fourth-order valence-corrected chi connectivity index (χ4v) is 4.17. The molecule has 118 valence electrons. The van der Waals surface area contributed by atoms with Crippen molar-refractivity contribution in [3.05, 3.63) is 48.0 Å². The van der Waals surface area contributed by atoms with Crippen LogP contribution in [-0.4, -0.2) is 17.1 Å². The van der Waals surface area contributed by atoms with Gasteiger partial charge in [-0.3, -0.25) is 0 Å². The van der Waals surface area contributed by atoms with Gasteiger partial charge in [0.1, 0.15) is 0 Å². The van der Waals surface area contributed by atoms with Gasteiger partial charge in [0.25, 0.3) is 0 Å². The highest BCUT2D eigenvalue weighted by Gasteiger charge is 2.37. The molecule has 2 aromatic carbocycles. The third-order valence-corrected chi connectivity index (χ3v) is 4.65. The Labute approximate surface area is 134 Å². The molecule has 1 fully saturated rings. The van der Waals surface area contributed by atoms with Crippen molar-refractivity contribution in [2.24, 2.45) is 0 Å². The van der Waals surface area contributed by atoms with E-state index in [0.29, 0.717) is 6.04 Å². The van der Waals surface area contributed by atoms with E-state index in [2.05, 4.69) is 80.8 Å².